The molecule has 2 aliphatic rings. The van der Waals surface area contributed by atoms with Crippen molar-refractivity contribution in [2.24, 2.45) is 11.8 Å². The number of amides is 1. The monoisotopic (exact) mass is 601 g/mol. The standard InChI is InChI=1S/C27H34F3N3O5S2/c1-26(2,3)33-40(37,38)18-9-10-19(20(14-18)27(28,29)30)22-21(11-15-7-5-4-6-8-15)32-24(39-22)23(34)31-17-12-16(13-17)25(35)36/h9-10,14-17,33H,4-8,11-13H2,1-3H3,(H,31,34)(H,35,36)/t16-,17-. The van der Waals surface area contributed by atoms with E-state index < -0.39 is 50.0 Å². The number of aliphatic carboxylic acids is 1. The summed E-state index contributed by atoms with van der Waals surface area (Å²) in [4.78, 5) is 28.2. The molecule has 220 valence electrons. The number of carboxylic acid groups (broad SMARTS) is 1. The minimum Gasteiger partial charge on any atom is -0.481 e. The number of halogens is 3. The molecule has 0 bridgehead atoms. The van der Waals surface area contributed by atoms with Gasteiger partial charge in [-0.1, -0.05) is 38.2 Å². The van der Waals surface area contributed by atoms with Gasteiger partial charge in [-0.05, 0) is 58.1 Å². The number of alkyl halides is 3. The van der Waals surface area contributed by atoms with Crippen LogP contribution in [-0.2, 0) is 27.4 Å². The average molecular weight is 602 g/mol. The second kappa shape index (κ2) is 11.4. The zero-order valence-corrected chi connectivity index (χ0v) is 24.2. The van der Waals surface area contributed by atoms with Gasteiger partial charge in [0.05, 0.1) is 26.9 Å². The van der Waals surface area contributed by atoms with Gasteiger partial charge >= 0.3 is 12.1 Å². The topological polar surface area (TPSA) is 125 Å². The lowest BCUT2D eigenvalue weighted by atomic mass is 9.80. The third-order valence-electron chi connectivity index (χ3n) is 7.21. The van der Waals surface area contributed by atoms with E-state index in [4.69, 9.17) is 5.11 Å². The van der Waals surface area contributed by atoms with E-state index in [1.54, 1.807) is 20.8 Å². The average Bonchev–Trinajstić information content (AvgIpc) is 3.22. The SMILES string of the molecule is CC(C)(C)NS(=O)(=O)c1ccc(-c2sc(C(=O)N[C@H]3C[C@H](C(=O)O)C3)nc2CC2CCCCC2)c(C(F)(F)F)c1. The van der Waals surface area contributed by atoms with Crippen molar-refractivity contribution in [1.29, 1.82) is 0 Å². The minimum absolute atomic E-state index is 0.00111. The number of hydrogen-bond acceptors (Lipinski definition) is 6. The predicted octanol–water partition coefficient (Wildman–Crippen LogP) is 5.62. The highest BCUT2D eigenvalue weighted by Gasteiger charge is 2.38. The molecule has 0 unspecified atom stereocenters. The fourth-order valence-corrected chi connectivity index (χ4v) is 7.71. The first-order valence-corrected chi connectivity index (χ1v) is 15.6. The Balaban J connectivity index is 1.72. The van der Waals surface area contributed by atoms with Crippen LogP contribution >= 0.6 is 11.3 Å². The second-order valence-electron chi connectivity index (χ2n) is 11.7. The molecule has 1 aromatic heterocycles. The van der Waals surface area contributed by atoms with Gasteiger partial charge < -0.3 is 10.4 Å². The molecule has 1 heterocycles. The van der Waals surface area contributed by atoms with Crippen LogP contribution in [0.1, 0.15) is 86.8 Å². The van der Waals surface area contributed by atoms with Crippen LogP contribution in [0.2, 0.25) is 0 Å². The Kier molecular flexibility index (Phi) is 8.68. The van der Waals surface area contributed by atoms with E-state index in [2.05, 4.69) is 15.0 Å². The lowest BCUT2D eigenvalue weighted by Crippen LogP contribution is -2.46. The van der Waals surface area contributed by atoms with Crippen molar-refractivity contribution in [3.05, 3.63) is 34.5 Å². The molecule has 0 atom stereocenters. The fraction of sp³-hybridized carbons (Fsp3) is 0.593. The number of nitrogens with one attached hydrogen (secondary N) is 2. The van der Waals surface area contributed by atoms with Crippen molar-refractivity contribution in [3.63, 3.8) is 0 Å². The first kappa shape index (κ1) is 30.4. The Morgan fingerprint density at radius 2 is 1.75 bits per heavy atom. The summed E-state index contributed by atoms with van der Waals surface area (Å²) in [5.41, 5.74) is -1.85. The van der Waals surface area contributed by atoms with Crippen molar-refractivity contribution in [1.82, 2.24) is 15.0 Å². The molecule has 0 radical (unpaired) electrons. The molecule has 3 N–H and O–H groups in total. The Bertz CT molecular complexity index is 1370. The van der Waals surface area contributed by atoms with E-state index in [1.165, 1.54) is 0 Å². The Labute approximate surface area is 235 Å². The molecule has 13 heteroatoms. The summed E-state index contributed by atoms with van der Waals surface area (Å²) in [7, 11) is -4.23. The van der Waals surface area contributed by atoms with E-state index in [1.807, 2.05) is 0 Å². The number of hydrogen-bond donors (Lipinski definition) is 3. The zero-order valence-electron chi connectivity index (χ0n) is 22.6. The van der Waals surface area contributed by atoms with Crippen LogP contribution in [0.4, 0.5) is 13.2 Å². The molecule has 8 nitrogen and oxygen atoms in total. The summed E-state index contributed by atoms with van der Waals surface area (Å²) in [6.07, 6.45) is 1.08. The molecule has 1 aromatic carbocycles. The molecule has 40 heavy (non-hydrogen) atoms. The van der Waals surface area contributed by atoms with Gasteiger partial charge in [-0.3, -0.25) is 9.59 Å². The number of rotatable bonds is 8. The number of carbonyl (C=O) groups is 2. The normalized spacial score (nSPS) is 20.6. The Hall–Kier alpha value is -2.51. The van der Waals surface area contributed by atoms with Crippen LogP contribution in [0, 0.1) is 11.8 Å². The smallest absolute Gasteiger partial charge is 0.417 e. The van der Waals surface area contributed by atoms with E-state index in [0.29, 0.717) is 18.2 Å². The molecule has 0 saturated heterocycles. The van der Waals surface area contributed by atoms with Crippen molar-refractivity contribution >= 4 is 33.2 Å². The highest BCUT2D eigenvalue weighted by molar-refractivity contribution is 7.89. The number of thiazole rings is 1. The maximum Gasteiger partial charge on any atom is 0.417 e. The van der Waals surface area contributed by atoms with E-state index in [-0.39, 0.29) is 40.2 Å². The highest BCUT2D eigenvalue weighted by Crippen LogP contribution is 2.43. The summed E-state index contributed by atoms with van der Waals surface area (Å²) in [5, 5.41) is 11.8. The number of benzene rings is 1. The van der Waals surface area contributed by atoms with E-state index >= 15 is 0 Å². The highest BCUT2D eigenvalue weighted by atomic mass is 32.2. The number of nitrogens with zero attached hydrogens (tertiary/aromatic N) is 1. The number of carbonyl (C=O) groups excluding carboxylic acids is 1. The van der Waals surface area contributed by atoms with E-state index in [9.17, 15) is 31.2 Å². The molecule has 0 aliphatic heterocycles. The first-order chi connectivity index (χ1) is 18.5. The molecular weight excluding hydrogens is 567 g/mol. The lowest BCUT2D eigenvalue weighted by Gasteiger charge is -2.32. The molecule has 4 rings (SSSR count). The van der Waals surface area contributed by atoms with Crippen LogP contribution in [0.3, 0.4) is 0 Å². The molecule has 2 fully saturated rings. The summed E-state index contributed by atoms with van der Waals surface area (Å²) in [6, 6.07) is 2.58. The van der Waals surface area contributed by atoms with Gasteiger partial charge in [-0.2, -0.15) is 13.2 Å². The Morgan fingerprint density at radius 1 is 1.10 bits per heavy atom. The Morgan fingerprint density at radius 3 is 2.33 bits per heavy atom. The van der Waals surface area contributed by atoms with Crippen LogP contribution in [0.25, 0.3) is 10.4 Å². The number of carboxylic acids is 1. The molecular formula is C27H34F3N3O5S2. The van der Waals surface area contributed by atoms with Crippen molar-refractivity contribution in [3.8, 4) is 10.4 Å². The van der Waals surface area contributed by atoms with Gasteiger partial charge in [0.1, 0.15) is 0 Å². The van der Waals surface area contributed by atoms with Gasteiger partial charge in [0.25, 0.3) is 5.91 Å². The van der Waals surface area contributed by atoms with Crippen molar-refractivity contribution in [2.75, 3.05) is 0 Å². The summed E-state index contributed by atoms with van der Waals surface area (Å²) in [6.45, 7) is 4.78. The van der Waals surface area contributed by atoms with Gasteiger partial charge in [0, 0.05) is 17.1 Å². The maximum atomic E-state index is 14.4. The second-order valence-corrected chi connectivity index (χ2v) is 14.4. The van der Waals surface area contributed by atoms with Crippen molar-refractivity contribution in [2.45, 2.75) is 94.8 Å². The maximum absolute atomic E-state index is 14.4. The largest absolute Gasteiger partial charge is 0.481 e. The van der Waals surface area contributed by atoms with Crippen LogP contribution in [0.5, 0.6) is 0 Å². The minimum atomic E-state index is -4.87. The van der Waals surface area contributed by atoms with Gasteiger partial charge in [-0.15, -0.1) is 11.3 Å². The van der Waals surface area contributed by atoms with E-state index in [0.717, 1.165) is 55.6 Å². The van der Waals surface area contributed by atoms with Crippen LogP contribution in [-0.4, -0.2) is 42.0 Å². The third kappa shape index (κ3) is 7.22. The molecule has 2 aromatic rings. The molecule has 2 aliphatic carbocycles. The van der Waals surface area contributed by atoms with Crippen LogP contribution < -0.4 is 10.0 Å². The van der Waals surface area contributed by atoms with Gasteiger partial charge in [0.15, 0.2) is 5.01 Å². The predicted molar refractivity (Wildman–Crippen MR) is 145 cm³/mol. The summed E-state index contributed by atoms with van der Waals surface area (Å²) in [5.74, 6) is -1.80. The number of aromatic nitrogens is 1. The first-order valence-electron chi connectivity index (χ1n) is 13.3. The number of sulfonamides is 1. The molecule has 1 amide bonds. The molecule has 2 saturated carbocycles. The zero-order chi connectivity index (χ0) is 29.5. The van der Waals surface area contributed by atoms with Crippen molar-refractivity contribution < 1.29 is 36.3 Å². The quantitative estimate of drug-likeness (QED) is 0.361. The summed E-state index contributed by atoms with van der Waals surface area (Å²) < 4.78 is 71.1. The fourth-order valence-electron chi connectivity index (χ4n) is 5.23. The van der Waals surface area contributed by atoms with Gasteiger partial charge in [-0.25, -0.2) is 18.1 Å². The summed E-state index contributed by atoms with van der Waals surface area (Å²) >= 11 is 0.842. The third-order valence-corrected chi connectivity index (χ3v) is 10.1. The van der Waals surface area contributed by atoms with Gasteiger partial charge in [0.2, 0.25) is 10.0 Å². The van der Waals surface area contributed by atoms with Crippen LogP contribution in [0.15, 0.2) is 23.1 Å². The lowest BCUT2D eigenvalue weighted by molar-refractivity contribution is -0.145. The molecule has 0 spiro atoms.